The summed E-state index contributed by atoms with van der Waals surface area (Å²) in [4.78, 5) is 2.41. The lowest BCUT2D eigenvalue weighted by Gasteiger charge is -2.37. The summed E-state index contributed by atoms with van der Waals surface area (Å²) in [5.74, 6) is -0.399. The van der Waals surface area contributed by atoms with Crippen molar-refractivity contribution in [2.24, 2.45) is 5.73 Å². The summed E-state index contributed by atoms with van der Waals surface area (Å²) >= 11 is 0. The predicted octanol–water partition coefficient (Wildman–Crippen LogP) is 3.28. The Balaban J connectivity index is 1.80. The Kier molecular flexibility index (Phi) is 5.03. The highest BCUT2D eigenvalue weighted by Gasteiger charge is 2.26. The topological polar surface area (TPSA) is 29.3 Å². The normalized spacial score (nSPS) is 18.0. The van der Waals surface area contributed by atoms with E-state index >= 15 is 0 Å². The van der Waals surface area contributed by atoms with Crippen molar-refractivity contribution in [3.8, 4) is 0 Å². The molecule has 1 aliphatic heterocycles. The molecule has 2 aromatic rings. The maximum Gasteiger partial charge on any atom is 0.123 e. The molecule has 2 N–H and O–H groups in total. The minimum absolute atomic E-state index is 0.181. The lowest BCUT2D eigenvalue weighted by molar-refractivity contribution is 0.169. The van der Waals surface area contributed by atoms with Crippen LogP contribution in [0.15, 0.2) is 42.5 Å². The van der Waals surface area contributed by atoms with E-state index in [0.717, 1.165) is 43.5 Å². The van der Waals surface area contributed by atoms with Gasteiger partial charge < -0.3 is 5.73 Å². The number of fused-ring (bicyclic) bond motifs is 1. The lowest BCUT2D eigenvalue weighted by atomic mass is 9.90. The largest absolute Gasteiger partial charge is 0.330 e. The monoisotopic (exact) mass is 316 g/mol. The van der Waals surface area contributed by atoms with Crippen molar-refractivity contribution in [3.63, 3.8) is 0 Å². The third-order valence-electron chi connectivity index (χ3n) is 4.55. The van der Waals surface area contributed by atoms with Gasteiger partial charge in [0, 0.05) is 19.1 Å². The molecule has 0 radical (unpaired) electrons. The Morgan fingerprint density at radius 2 is 1.74 bits per heavy atom. The van der Waals surface area contributed by atoms with Crippen LogP contribution in [0.5, 0.6) is 0 Å². The maximum atomic E-state index is 13.5. The van der Waals surface area contributed by atoms with Gasteiger partial charge in [0.25, 0.3) is 0 Å². The Labute approximate surface area is 135 Å². The van der Waals surface area contributed by atoms with E-state index in [2.05, 4.69) is 4.90 Å². The van der Waals surface area contributed by atoms with Gasteiger partial charge in [0.05, 0.1) is 0 Å². The number of hydrogen-bond donors (Lipinski definition) is 1. The summed E-state index contributed by atoms with van der Waals surface area (Å²) in [6, 6.07) is 12.0. The molecule has 4 heteroatoms. The van der Waals surface area contributed by atoms with E-state index in [1.807, 2.05) is 18.2 Å². The number of hydrogen-bond acceptors (Lipinski definition) is 2. The Morgan fingerprint density at radius 3 is 2.48 bits per heavy atom. The van der Waals surface area contributed by atoms with Gasteiger partial charge in [0.1, 0.15) is 11.6 Å². The first-order valence-electron chi connectivity index (χ1n) is 8.11. The van der Waals surface area contributed by atoms with E-state index in [4.69, 9.17) is 5.73 Å². The van der Waals surface area contributed by atoms with Crippen LogP contribution in [0.2, 0.25) is 0 Å². The minimum Gasteiger partial charge on any atom is -0.330 e. The second-order valence-corrected chi connectivity index (χ2v) is 6.21. The third kappa shape index (κ3) is 3.95. The van der Waals surface area contributed by atoms with Crippen molar-refractivity contribution >= 4 is 0 Å². The van der Waals surface area contributed by atoms with Crippen LogP contribution in [0.3, 0.4) is 0 Å². The molecular weight excluding hydrogens is 294 g/mol. The molecule has 0 saturated heterocycles. The predicted molar refractivity (Wildman–Crippen MR) is 88.1 cm³/mol. The minimum atomic E-state index is -0.218. The molecule has 0 spiro atoms. The Hall–Kier alpha value is -1.78. The van der Waals surface area contributed by atoms with E-state index in [0.29, 0.717) is 12.6 Å². The first-order valence-corrected chi connectivity index (χ1v) is 8.11. The first kappa shape index (κ1) is 16.1. The summed E-state index contributed by atoms with van der Waals surface area (Å²) in [7, 11) is 0. The van der Waals surface area contributed by atoms with Gasteiger partial charge >= 0.3 is 0 Å². The molecule has 1 atom stereocenters. The highest BCUT2D eigenvalue weighted by Crippen LogP contribution is 2.26. The quantitative estimate of drug-likeness (QED) is 0.917. The standard InChI is InChI=1S/C19H22F2N2/c20-17-5-2-14(3-6-17)10-19-12-16-11-18(21)7-4-15(16)13-23(19)9-1-8-22/h2-7,11,19H,1,8-10,12-13,22H2. The molecule has 1 heterocycles. The van der Waals surface area contributed by atoms with Crippen LogP contribution < -0.4 is 5.73 Å². The van der Waals surface area contributed by atoms with Crippen molar-refractivity contribution in [1.82, 2.24) is 4.90 Å². The van der Waals surface area contributed by atoms with Crippen molar-refractivity contribution in [2.75, 3.05) is 13.1 Å². The van der Waals surface area contributed by atoms with Crippen LogP contribution in [0.25, 0.3) is 0 Å². The van der Waals surface area contributed by atoms with Crippen molar-refractivity contribution in [3.05, 3.63) is 70.8 Å². The number of rotatable bonds is 5. The number of nitrogens with zero attached hydrogens (tertiary/aromatic N) is 1. The van der Waals surface area contributed by atoms with Crippen molar-refractivity contribution in [1.29, 1.82) is 0 Å². The van der Waals surface area contributed by atoms with Gasteiger partial charge in [0.2, 0.25) is 0 Å². The molecule has 0 amide bonds. The molecule has 122 valence electrons. The molecule has 2 aromatic carbocycles. The molecule has 2 nitrogen and oxygen atoms in total. The first-order chi connectivity index (χ1) is 11.2. The summed E-state index contributed by atoms with van der Waals surface area (Å²) in [6.07, 6.45) is 2.59. The van der Waals surface area contributed by atoms with Crippen LogP contribution in [0.1, 0.15) is 23.1 Å². The summed E-state index contributed by atoms with van der Waals surface area (Å²) in [5, 5.41) is 0. The molecular formula is C19H22F2N2. The van der Waals surface area contributed by atoms with Crippen LogP contribution in [0.4, 0.5) is 8.78 Å². The van der Waals surface area contributed by atoms with Gasteiger partial charge in [-0.15, -0.1) is 0 Å². The van der Waals surface area contributed by atoms with E-state index in [9.17, 15) is 8.78 Å². The van der Waals surface area contributed by atoms with Gasteiger partial charge in [-0.2, -0.15) is 0 Å². The molecule has 3 rings (SSSR count). The second kappa shape index (κ2) is 7.20. The average Bonchev–Trinajstić information content (AvgIpc) is 2.55. The summed E-state index contributed by atoms with van der Waals surface area (Å²) in [5.41, 5.74) is 9.04. The highest BCUT2D eigenvalue weighted by molar-refractivity contribution is 5.31. The molecule has 0 saturated carbocycles. The number of nitrogens with two attached hydrogens (primary N) is 1. The van der Waals surface area contributed by atoms with Crippen molar-refractivity contribution in [2.45, 2.75) is 31.8 Å². The Bertz CT molecular complexity index is 655. The van der Waals surface area contributed by atoms with E-state index in [1.54, 1.807) is 6.07 Å². The maximum absolute atomic E-state index is 13.5. The highest BCUT2D eigenvalue weighted by atomic mass is 19.1. The molecule has 0 aliphatic carbocycles. The van der Waals surface area contributed by atoms with Crippen LogP contribution in [0, 0.1) is 11.6 Å². The number of benzene rings is 2. The van der Waals surface area contributed by atoms with Crippen LogP contribution in [-0.4, -0.2) is 24.0 Å². The molecule has 0 bridgehead atoms. The molecule has 0 fully saturated rings. The molecule has 1 unspecified atom stereocenters. The molecule has 1 aliphatic rings. The average molecular weight is 316 g/mol. The van der Waals surface area contributed by atoms with Crippen LogP contribution in [-0.2, 0) is 19.4 Å². The zero-order valence-corrected chi connectivity index (χ0v) is 13.1. The van der Waals surface area contributed by atoms with E-state index in [-0.39, 0.29) is 11.6 Å². The van der Waals surface area contributed by atoms with Gasteiger partial charge in [-0.1, -0.05) is 18.2 Å². The lowest BCUT2D eigenvalue weighted by Crippen LogP contribution is -2.42. The van der Waals surface area contributed by atoms with Gasteiger partial charge in [-0.25, -0.2) is 8.78 Å². The Morgan fingerprint density at radius 1 is 1.00 bits per heavy atom. The van der Waals surface area contributed by atoms with Crippen molar-refractivity contribution < 1.29 is 8.78 Å². The van der Waals surface area contributed by atoms with Gasteiger partial charge in [-0.3, -0.25) is 4.90 Å². The van der Waals surface area contributed by atoms with Gasteiger partial charge in [0.15, 0.2) is 0 Å². The zero-order chi connectivity index (χ0) is 16.2. The third-order valence-corrected chi connectivity index (χ3v) is 4.55. The van der Waals surface area contributed by atoms with Gasteiger partial charge in [-0.05, 0) is 66.8 Å². The summed E-state index contributed by atoms with van der Waals surface area (Å²) in [6.45, 7) is 2.41. The van der Waals surface area contributed by atoms with E-state index in [1.165, 1.54) is 23.8 Å². The molecule has 0 aromatic heterocycles. The van der Waals surface area contributed by atoms with Crippen LogP contribution >= 0.6 is 0 Å². The smallest absolute Gasteiger partial charge is 0.123 e. The fourth-order valence-electron chi connectivity index (χ4n) is 3.32. The molecule has 23 heavy (non-hydrogen) atoms. The zero-order valence-electron chi connectivity index (χ0n) is 13.1. The van der Waals surface area contributed by atoms with E-state index < -0.39 is 0 Å². The fraction of sp³-hybridized carbons (Fsp3) is 0.368. The SMILES string of the molecule is NCCCN1Cc2ccc(F)cc2CC1Cc1ccc(F)cc1. The fourth-order valence-corrected chi connectivity index (χ4v) is 3.32. The second-order valence-electron chi connectivity index (χ2n) is 6.21. The summed E-state index contributed by atoms with van der Waals surface area (Å²) < 4.78 is 26.6. The number of halogens is 2.